The van der Waals surface area contributed by atoms with E-state index in [0.29, 0.717) is 6.61 Å². The van der Waals surface area contributed by atoms with E-state index in [1.807, 2.05) is 32.0 Å². The lowest BCUT2D eigenvalue weighted by Crippen LogP contribution is -2.34. The summed E-state index contributed by atoms with van der Waals surface area (Å²) in [6, 6.07) is 5.94. The van der Waals surface area contributed by atoms with Gasteiger partial charge in [-0.3, -0.25) is 9.63 Å². The van der Waals surface area contributed by atoms with E-state index in [9.17, 15) is 4.79 Å². The lowest BCUT2D eigenvalue weighted by molar-refractivity contribution is -0.135. The topological polar surface area (TPSA) is 47.6 Å². The molecule has 0 aromatic heterocycles. The van der Waals surface area contributed by atoms with E-state index in [2.05, 4.69) is 5.48 Å². The van der Waals surface area contributed by atoms with Crippen LogP contribution in [0.25, 0.3) is 0 Å². The highest BCUT2D eigenvalue weighted by molar-refractivity contribution is 5.90. The second kappa shape index (κ2) is 4.98. The van der Waals surface area contributed by atoms with Crippen molar-refractivity contribution in [2.75, 3.05) is 13.7 Å². The van der Waals surface area contributed by atoms with E-state index in [0.717, 1.165) is 29.7 Å². The summed E-state index contributed by atoms with van der Waals surface area (Å²) in [6.07, 6.45) is 1.72. The van der Waals surface area contributed by atoms with Gasteiger partial charge in [-0.1, -0.05) is 12.1 Å². The van der Waals surface area contributed by atoms with Gasteiger partial charge in [0.1, 0.15) is 5.75 Å². The molecule has 1 aromatic rings. The first-order valence-electron chi connectivity index (χ1n) is 6.21. The Bertz CT molecular complexity index is 452. The van der Waals surface area contributed by atoms with Gasteiger partial charge in [0.05, 0.1) is 19.1 Å². The van der Waals surface area contributed by atoms with E-state index in [1.165, 1.54) is 0 Å². The van der Waals surface area contributed by atoms with Gasteiger partial charge in [-0.2, -0.15) is 0 Å². The normalized spacial score (nSPS) is 16.2. The van der Waals surface area contributed by atoms with Crippen LogP contribution < -0.4 is 10.2 Å². The van der Waals surface area contributed by atoms with Crippen LogP contribution in [0.1, 0.15) is 30.9 Å². The fourth-order valence-corrected chi connectivity index (χ4v) is 2.12. The third kappa shape index (κ3) is 2.20. The second-order valence-electron chi connectivity index (χ2n) is 4.63. The summed E-state index contributed by atoms with van der Waals surface area (Å²) in [5.41, 5.74) is 4.16. The van der Waals surface area contributed by atoms with Gasteiger partial charge in [-0.15, -0.1) is 0 Å². The van der Waals surface area contributed by atoms with Crippen LogP contribution in [0.2, 0.25) is 0 Å². The predicted octanol–water partition coefficient (Wildman–Crippen LogP) is 2.10. The zero-order valence-corrected chi connectivity index (χ0v) is 11.1. The van der Waals surface area contributed by atoms with Crippen molar-refractivity contribution < 1.29 is 14.4 Å². The third-order valence-corrected chi connectivity index (χ3v) is 3.45. The average Bonchev–Trinajstić information content (AvgIpc) is 3.18. The molecule has 1 aromatic carbocycles. The first-order valence-corrected chi connectivity index (χ1v) is 6.21. The summed E-state index contributed by atoms with van der Waals surface area (Å²) < 4.78 is 5.31. The molecular formula is C14H19NO3. The minimum atomic E-state index is -0.420. The number of benzene rings is 1. The van der Waals surface area contributed by atoms with Crippen molar-refractivity contribution in [3.8, 4) is 5.75 Å². The molecule has 98 valence electrons. The molecule has 1 saturated carbocycles. The van der Waals surface area contributed by atoms with Crippen molar-refractivity contribution in [1.82, 2.24) is 5.48 Å². The minimum absolute atomic E-state index is 0.0599. The van der Waals surface area contributed by atoms with E-state index >= 15 is 0 Å². The second-order valence-corrected chi connectivity index (χ2v) is 4.63. The van der Waals surface area contributed by atoms with Gasteiger partial charge >= 0.3 is 0 Å². The largest absolute Gasteiger partial charge is 0.496 e. The molecule has 0 atom stereocenters. The van der Waals surface area contributed by atoms with Crippen molar-refractivity contribution in [3.63, 3.8) is 0 Å². The summed E-state index contributed by atoms with van der Waals surface area (Å²) >= 11 is 0. The molecule has 1 aliphatic rings. The summed E-state index contributed by atoms with van der Waals surface area (Å²) in [5, 5.41) is 0. The van der Waals surface area contributed by atoms with Gasteiger partial charge in [0.15, 0.2) is 0 Å². The number of amides is 1. The van der Waals surface area contributed by atoms with Gasteiger partial charge in [-0.25, -0.2) is 5.48 Å². The molecule has 1 amide bonds. The fourth-order valence-electron chi connectivity index (χ4n) is 2.12. The monoisotopic (exact) mass is 249 g/mol. The van der Waals surface area contributed by atoms with E-state index < -0.39 is 5.41 Å². The molecule has 1 aliphatic carbocycles. The van der Waals surface area contributed by atoms with Gasteiger partial charge in [0.2, 0.25) is 0 Å². The molecule has 18 heavy (non-hydrogen) atoms. The maximum Gasteiger partial charge on any atom is 0.254 e. The summed E-state index contributed by atoms with van der Waals surface area (Å²) in [4.78, 5) is 17.1. The maximum atomic E-state index is 12.1. The number of hydrogen-bond acceptors (Lipinski definition) is 3. The van der Waals surface area contributed by atoms with Gasteiger partial charge in [0.25, 0.3) is 5.91 Å². The highest BCUT2D eigenvalue weighted by atomic mass is 16.6. The molecule has 0 radical (unpaired) electrons. The Morgan fingerprint density at radius 1 is 1.44 bits per heavy atom. The molecule has 0 saturated heterocycles. The Morgan fingerprint density at radius 2 is 2.17 bits per heavy atom. The first-order chi connectivity index (χ1) is 8.64. The van der Waals surface area contributed by atoms with Crippen LogP contribution in [0, 0.1) is 6.92 Å². The number of hydrogen-bond donors (Lipinski definition) is 1. The third-order valence-electron chi connectivity index (χ3n) is 3.45. The van der Waals surface area contributed by atoms with Crippen LogP contribution in [-0.4, -0.2) is 19.6 Å². The SMILES string of the molecule is CCONC(=O)C1(c2ccc(C)c(OC)c2)CC1. The number of rotatable bonds is 5. The quantitative estimate of drug-likeness (QED) is 0.813. The van der Waals surface area contributed by atoms with Gasteiger partial charge in [0, 0.05) is 0 Å². The zero-order valence-electron chi connectivity index (χ0n) is 11.1. The molecule has 0 spiro atoms. The molecule has 4 heteroatoms. The van der Waals surface area contributed by atoms with Crippen LogP contribution in [0.3, 0.4) is 0 Å². The number of methoxy groups -OCH3 is 1. The first kappa shape index (κ1) is 12.9. The molecule has 1 N–H and O–H groups in total. The lowest BCUT2D eigenvalue weighted by Gasteiger charge is -2.16. The number of nitrogens with one attached hydrogen (secondary N) is 1. The zero-order chi connectivity index (χ0) is 13.2. The average molecular weight is 249 g/mol. The maximum absolute atomic E-state index is 12.1. The van der Waals surface area contributed by atoms with Crippen molar-refractivity contribution in [2.24, 2.45) is 0 Å². The predicted molar refractivity (Wildman–Crippen MR) is 68.4 cm³/mol. The van der Waals surface area contributed by atoms with Crippen LogP contribution in [0.15, 0.2) is 18.2 Å². The molecule has 0 bridgehead atoms. The van der Waals surface area contributed by atoms with Crippen molar-refractivity contribution in [3.05, 3.63) is 29.3 Å². The fraction of sp³-hybridized carbons (Fsp3) is 0.500. The molecule has 0 unspecified atom stereocenters. The highest BCUT2D eigenvalue weighted by Gasteiger charge is 2.51. The van der Waals surface area contributed by atoms with Crippen molar-refractivity contribution in [2.45, 2.75) is 32.1 Å². The molecule has 0 heterocycles. The molecule has 0 aliphatic heterocycles. The standard InChI is InChI=1S/C14H19NO3/c1-4-18-15-13(16)14(7-8-14)11-6-5-10(2)12(9-11)17-3/h5-6,9H,4,7-8H2,1-3H3,(H,15,16). The van der Waals surface area contributed by atoms with Crippen LogP contribution in [0.5, 0.6) is 5.75 Å². The van der Waals surface area contributed by atoms with Crippen LogP contribution >= 0.6 is 0 Å². The number of carbonyl (C=O) groups is 1. The van der Waals surface area contributed by atoms with Gasteiger partial charge in [-0.05, 0) is 43.9 Å². The number of aryl methyl sites for hydroxylation is 1. The van der Waals surface area contributed by atoms with Crippen LogP contribution in [-0.2, 0) is 15.0 Å². The van der Waals surface area contributed by atoms with E-state index in [4.69, 9.17) is 9.57 Å². The molecule has 2 rings (SSSR count). The molecular weight excluding hydrogens is 230 g/mol. The van der Waals surface area contributed by atoms with Crippen molar-refractivity contribution >= 4 is 5.91 Å². The Hall–Kier alpha value is -1.55. The number of hydroxylamine groups is 1. The smallest absolute Gasteiger partial charge is 0.254 e. The van der Waals surface area contributed by atoms with Crippen molar-refractivity contribution in [1.29, 1.82) is 0 Å². The van der Waals surface area contributed by atoms with Crippen LogP contribution in [0.4, 0.5) is 0 Å². The summed E-state index contributed by atoms with van der Waals surface area (Å²) in [5.74, 6) is 0.762. The summed E-state index contributed by atoms with van der Waals surface area (Å²) in [7, 11) is 1.64. The Labute approximate surface area is 107 Å². The molecule has 1 fully saturated rings. The Kier molecular flexibility index (Phi) is 3.57. The highest BCUT2D eigenvalue weighted by Crippen LogP contribution is 2.49. The Balaban J connectivity index is 2.22. The van der Waals surface area contributed by atoms with E-state index in [-0.39, 0.29) is 5.91 Å². The Morgan fingerprint density at radius 3 is 2.72 bits per heavy atom. The number of ether oxygens (including phenoxy) is 1. The van der Waals surface area contributed by atoms with E-state index in [1.54, 1.807) is 7.11 Å². The van der Waals surface area contributed by atoms with Gasteiger partial charge < -0.3 is 4.74 Å². The summed E-state index contributed by atoms with van der Waals surface area (Å²) in [6.45, 7) is 4.30. The lowest BCUT2D eigenvalue weighted by atomic mass is 9.94. The minimum Gasteiger partial charge on any atom is -0.496 e. The number of carbonyl (C=O) groups excluding carboxylic acids is 1. The molecule has 4 nitrogen and oxygen atoms in total.